The lowest BCUT2D eigenvalue weighted by molar-refractivity contribution is 0.0526. The molecule has 0 bridgehead atoms. The molecule has 8 heteroatoms. The van der Waals surface area contributed by atoms with Crippen molar-refractivity contribution in [3.8, 4) is 0 Å². The van der Waals surface area contributed by atoms with Crippen molar-refractivity contribution in [2.45, 2.75) is 44.6 Å². The summed E-state index contributed by atoms with van der Waals surface area (Å²) in [4.78, 5) is 12.1. The van der Waals surface area contributed by atoms with Crippen LogP contribution in [0.15, 0.2) is 23.1 Å². The Labute approximate surface area is 156 Å². The average molecular weight is 391 g/mol. The Morgan fingerprint density at radius 1 is 1.36 bits per heavy atom. The first-order valence-electron chi connectivity index (χ1n) is 8.42. The molecule has 0 aromatic heterocycles. The minimum atomic E-state index is -3.66. The van der Waals surface area contributed by atoms with Gasteiger partial charge in [0.05, 0.1) is 17.1 Å². The summed E-state index contributed by atoms with van der Waals surface area (Å²) >= 11 is 0. The van der Waals surface area contributed by atoms with E-state index in [0.29, 0.717) is 18.7 Å². The monoisotopic (exact) mass is 390 g/mol. The molecule has 1 saturated heterocycles. The van der Waals surface area contributed by atoms with E-state index in [2.05, 4.69) is 5.32 Å². The molecule has 6 nitrogen and oxygen atoms in total. The van der Waals surface area contributed by atoms with Crippen molar-refractivity contribution < 1.29 is 17.9 Å². The molecule has 0 saturated carbocycles. The number of benzene rings is 1. The van der Waals surface area contributed by atoms with E-state index >= 15 is 0 Å². The molecule has 1 atom stereocenters. The first kappa shape index (κ1) is 21.9. The fraction of sp³-hybridized carbons (Fsp3) is 0.588. The highest BCUT2D eigenvalue weighted by atomic mass is 35.5. The number of hydrogen-bond donors (Lipinski definition) is 1. The second-order valence-electron chi connectivity index (χ2n) is 5.96. The van der Waals surface area contributed by atoms with Crippen molar-refractivity contribution in [1.82, 2.24) is 9.62 Å². The van der Waals surface area contributed by atoms with Gasteiger partial charge in [-0.1, -0.05) is 13.0 Å². The van der Waals surface area contributed by atoms with Gasteiger partial charge in [-0.15, -0.1) is 12.4 Å². The Morgan fingerprint density at radius 2 is 2.08 bits per heavy atom. The van der Waals surface area contributed by atoms with Gasteiger partial charge in [-0.3, -0.25) is 0 Å². The van der Waals surface area contributed by atoms with E-state index in [1.165, 1.54) is 6.07 Å². The lowest BCUT2D eigenvalue weighted by Crippen LogP contribution is -2.42. The van der Waals surface area contributed by atoms with Crippen LogP contribution in [-0.4, -0.2) is 51.0 Å². The molecular weight excluding hydrogens is 364 g/mol. The fourth-order valence-electron chi connectivity index (χ4n) is 2.95. The quantitative estimate of drug-likeness (QED) is 0.723. The number of halogens is 1. The van der Waals surface area contributed by atoms with E-state index in [1.54, 1.807) is 30.3 Å². The molecule has 1 aromatic rings. The summed E-state index contributed by atoms with van der Waals surface area (Å²) in [6.45, 7) is 7.64. The SMILES string of the molecule is CCCN(C1CCNC1)S(=O)(=O)c1cc(C(=O)OCC)ccc1C.Cl. The van der Waals surface area contributed by atoms with Crippen LogP contribution in [0.5, 0.6) is 0 Å². The Balaban J connectivity index is 0.00000312. The predicted molar refractivity (Wildman–Crippen MR) is 99.8 cm³/mol. The minimum Gasteiger partial charge on any atom is -0.462 e. The molecule has 1 fully saturated rings. The summed E-state index contributed by atoms with van der Waals surface area (Å²) < 4.78 is 33.0. The topological polar surface area (TPSA) is 75.7 Å². The van der Waals surface area contributed by atoms with Crippen LogP contribution in [0, 0.1) is 6.92 Å². The zero-order valence-electron chi connectivity index (χ0n) is 14.9. The lowest BCUT2D eigenvalue weighted by Gasteiger charge is -2.28. The maximum absolute atomic E-state index is 13.2. The van der Waals surface area contributed by atoms with Gasteiger partial charge in [-0.25, -0.2) is 13.2 Å². The normalized spacial score (nSPS) is 17.4. The highest BCUT2D eigenvalue weighted by Crippen LogP contribution is 2.25. The van der Waals surface area contributed by atoms with Gasteiger partial charge >= 0.3 is 5.97 Å². The molecule has 0 amide bonds. The van der Waals surface area contributed by atoms with Crippen LogP contribution in [0.3, 0.4) is 0 Å². The summed E-state index contributed by atoms with van der Waals surface area (Å²) in [5.74, 6) is -0.501. The average Bonchev–Trinajstić information content (AvgIpc) is 3.06. The Kier molecular flexibility index (Phi) is 8.34. The standard InChI is InChI=1S/C17H26N2O4S.ClH/c1-4-10-19(15-8-9-18-12-15)24(21,22)16-11-14(7-6-13(16)3)17(20)23-5-2;/h6-7,11,15,18H,4-5,8-10,12H2,1-3H3;1H. The van der Waals surface area contributed by atoms with Crippen molar-refractivity contribution in [3.05, 3.63) is 29.3 Å². The fourth-order valence-corrected chi connectivity index (χ4v) is 4.95. The third kappa shape index (κ3) is 4.94. The molecule has 142 valence electrons. The van der Waals surface area contributed by atoms with Crippen LogP contribution in [0.2, 0.25) is 0 Å². The van der Waals surface area contributed by atoms with E-state index < -0.39 is 16.0 Å². The zero-order valence-corrected chi connectivity index (χ0v) is 16.6. The number of carbonyl (C=O) groups is 1. The molecule has 0 aliphatic carbocycles. The van der Waals surface area contributed by atoms with Gasteiger partial charge in [0.1, 0.15) is 0 Å². The van der Waals surface area contributed by atoms with Crippen molar-refractivity contribution in [2.24, 2.45) is 0 Å². The van der Waals surface area contributed by atoms with Gasteiger partial charge in [0, 0.05) is 19.1 Å². The number of rotatable bonds is 7. The van der Waals surface area contributed by atoms with Gasteiger partial charge in [0.15, 0.2) is 0 Å². The number of nitrogens with one attached hydrogen (secondary N) is 1. The van der Waals surface area contributed by atoms with Crippen LogP contribution in [-0.2, 0) is 14.8 Å². The number of carbonyl (C=O) groups excluding carboxylic acids is 1. The maximum atomic E-state index is 13.2. The maximum Gasteiger partial charge on any atom is 0.338 e. The van der Waals surface area contributed by atoms with Crippen LogP contribution >= 0.6 is 12.4 Å². The van der Waals surface area contributed by atoms with E-state index in [4.69, 9.17) is 4.74 Å². The molecule has 1 unspecified atom stereocenters. The van der Waals surface area contributed by atoms with Gasteiger partial charge in [-0.05, 0) is 50.9 Å². The van der Waals surface area contributed by atoms with E-state index in [-0.39, 0.29) is 35.5 Å². The van der Waals surface area contributed by atoms with Gasteiger partial charge in [0.25, 0.3) is 0 Å². The molecule has 0 radical (unpaired) electrons. The molecule has 25 heavy (non-hydrogen) atoms. The number of ether oxygens (including phenoxy) is 1. The molecule has 1 N–H and O–H groups in total. The van der Waals surface area contributed by atoms with Crippen LogP contribution in [0.4, 0.5) is 0 Å². The first-order chi connectivity index (χ1) is 11.4. The Bertz CT molecular complexity index is 688. The Morgan fingerprint density at radius 3 is 2.64 bits per heavy atom. The van der Waals surface area contributed by atoms with Crippen LogP contribution in [0.1, 0.15) is 42.6 Å². The molecule has 1 aliphatic heterocycles. The lowest BCUT2D eigenvalue weighted by atomic mass is 10.1. The number of aryl methyl sites for hydroxylation is 1. The van der Waals surface area contributed by atoms with Gasteiger partial charge < -0.3 is 10.1 Å². The third-order valence-corrected chi connectivity index (χ3v) is 6.27. The third-order valence-electron chi connectivity index (χ3n) is 4.17. The smallest absolute Gasteiger partial charge is 0.338 e. The van der Waals surface area contributed by atoms with E-state index in [0.717, 1.165) is 19.4 Å². The Hall–Kier alpha value is -1.15. The van der Waals surface area contributed by atoms with Gasteiger partial charge in [0.2, 0.25) is 10.0 Å². The summed E-state index contributed by atoms with van der Waals surface area (Å²) in [5, 5.41) is 3.22. The molecule has 0 spiro atoms. The molecule has 1 aliphatic rings. The van der Waals surface area contributed by atoms with E-state index in [1.807, 2.05) is 6.92 Å². The highest BCUT2D eigenvalue weighted by Gasteiger charge is 2.33. The van der Waals surface area contributed by atoms with Crippen molar-refractivity contribution in [1.29, 1.82) is 0 Å². The molecular formula is C17H27ClN2O4S. The predicted octanol–water partition coefficient (Wildman–Crippen LogP) is 2.36. The van der Waals surface area contributed by atoms with Crippen LogP contribution < -0.4 is 5.32 Å². The number of esters is 1. The van der Waals surface area contributed by atoms with Gasteiger partial charge in [-0.2, -0.15) is 4.31 Å². The number of hydrogen-bond acceptors (Lipinski definition) is 5. The number of sulfonamides is 1. The summed E-state index contributed by atoms with van der Waals surface area (Å²) in [5.41, 5.74) is 0.900. The van der Waals surface area contributed by atoms with Crippen LogP contribution in [0.25, 0.3) is 0 Å². The summed E-state index contributed by atoms with van der Waals surface area (Å²) in [6.07, 6.45) is 1.54. The van der Waals surface area contributed by atoms with Crippen molar-refractivity contribution in [3.63, 3.8) is 0 Å². The largest absolute Gasteiger partial charge is 0.462 e. The first-order valence-corrected chi connectivity index (χ1v) is 9.86. The molecule has 1 aromatic carbocycles. The second-order valence-corrected chi connectivity index (χ2v) is 7.82. The molecule has 1 heterocycles. The van der Waals surface area contributed by atoms with Crippen molar-refractivity contribution in [2.75, 3.05) is 26.2 Å². The summed E-state index contributed by atoms with van der Waals surface area (Å²) in [6, 6.07) is 4.66. The minimum absolute atomic E-state index is 0. The molecule has 2 rings (SSSR count). The number of nitrogens with zero attached hydrogens (tertiary/aromatic N) is 1. The zero-order chi connectivity index (χ0) is 17.7. The van der Waals surface area contributed by atoms with Crippen molar-refractivity contribution >= 4 is 28.4 Å². The highest BCUT2D eigenvalue weighted by molar-refractivity contribution is 7.89. The second kappa shape index (κ2) is 9.52. The summed E-state index contributed by atoms with van der Waals surface area (Å²) in [7, 11) is -3.66. The van der Waals surface area contributed by atoms with E-state index in [9.17, 15) is 13.2 Å².